The fourth-order valence-electron chi connectivity index (χ4n) is 1.48. The number of aromatic nitrogens is 2. The second-order valence-corrected chi connectivity index (χ2v) is 3.87. The molecule has 0 radical (unpaired) electrons. The highest BCUT2D eigenvalue weighted by Gasteiger charge is 2.18. The molecule has 108 valence electrons. The number of benzene rings is 1. The number of rotatable bonds is 3. The van der Waals surface area contributed by atoms with Crippen molar-refractivity contribution in [3.8, 4) is 0 Å². The Labute approximate surface area is 115 Å². The maximum absolute atomic E-state index is 13.1. The molecule has 0 atom stereocenters. The molecule has 9 heteroatoms. The monoisotopic (exact) mass is 295 g/mol. The van der Waals surface area contributed by atoms with Crippen LogP contribution in [0.1, 0.15) is 20.8 Å². The number of carboxylic acids is 1. The third-order valence-corrected chi connectivity index (χ3v) is 2.44. The minimum atomic E-state index is -1.54. The largest absolute Gasteiger partial charge is 0.478 e. The summed E-state index contributed by atoms with van der Waals surface area (Å²) >= 11 is 0. The molecule has 0 aliphatic carbocycles. The van der Waals surface area contributed by atoms with Gasteiger partial charge in [-0.05, 0) is 6.07 Å². The van der Waals surface area contributed by atoms with E-state index in [1.54, 1.807) is 0 Å². The van der Waals surface area contributed by atoms with Gasteiger partial charge in [-0.25, -0.2) is 18.6 Å². The summed E-state index contributed by atoms with van der Waals surface area (Å²) < 4.78 is 26.2. The highest BCUT2D eigenvalue weighted by molar-refractivity contribution is 6.06. The van der Waals surface area contributed by atoms with Crippen LogP contribution in [0.4, 0.5) is 14.5 Å². The van der Waals surface area contributed by atoms with Crippen LogP contribution in [0.2, 0.25) is 0 Å². The second kappa shape index (κ2) is 5.49. The first-order chi connectivity index (χ1) is 9.88. The molecule has 1 amide bonds. The average molecular weight is 295 g/mol. The fraction of sp³-hybridized carbons (Fsp3) is 0. The number of carbonyl (C=O) groups is 2. The standard InChI is InChI=1S/C12H7F2N3O4/c13-6-1-5(12(20)21)8(2-7(6)14)17-11(19)9-3-16-10(18)4-15-9/h1-4H,(H,16,18)(H,17,19)(H,20,21). The molecule has 0 spiro atoms. The number of nitrogens with one attached hydrogen (secondary N) is 2. The van der Waals surface area contributed by atoms with E-state index in [1.165, 1.54) is 0 Å². The summed E-state index contributed by atoms with van der Waals surface area (Å²) in [5.74, 6) is -5.10. The summed E-state index contributed by atoms with van der Waals surface area (Å²) in [5, 5.41) is 11.0. The molecular formula is C12H7F2N3O4. The van der Waals surface area contributed by atoms with E-state index in [0.717, 1.165) is 12.4 Å². The lowest BCUT2D eigenvalue weighted by molar-refractivity contribution is 0.0697. The molecule has 0 bridgehead atoms. The van der Waals surface area contributed by atoms with Gasteiger partial charge in [0.1, 0.15) is 5.69 Å². The van der Waals surface area contributed by atoms with Crippen LogP contribution in [-0.2, 0) is 0 Å². The number of aromatic amines is 1. The smallest absolute Gasteiger partial charge is 0.337 e. The Morgan fingerprint density at radius 2 is 1.90 bits per heavy atom. The third kappa shape index (κ3) is 3.08. The predicted molar refractivity (Wildman–Crippen MR) is 66.1 cm³/mol. The van der Waals surface area contributed by atoms with Crippen molar-refractivity contribution in [1.82, 2.24) is 9.97 Å². The minimum absolute atomic E-state index is 0.226. The summed E-state index contributed by atoms with van der Waals surface area (Å²) in [5.41, 5.74) is -1.81. The lowest BCUT2D eigenvalue weighted by Gasteiger charge is -2.08. The lowest BCUT2D eigenvalue weighted by Crippen LogP contribution is -2.19. The Hall–Kier alpha value is -3.10. The zero-order valence-corrected chi connectivity index (χ0v) is 10.2. The molecule has 0 saturated heterocycles. The molecule has 7 nitrogen and oxygen atoms in total. The van der Waals surface area contributed by atoms with Gasteiger partial charge >= 0.3 is 5.97 Å². The normalized spacial score (nSPS) is 10.2. The number of amides is 1. The van der Waals surface area contributed by atoms with Crippen molar-refractivity contribution < 1.29 is 23.5 Å². The average Bonchev–Trinajstić information content (AvgIpc) is 2.43. The van der Waals surface area contributed by atoms with E-state index in [-0.39, 0.29) is 5.69 Å². The summed E-state index contributed by atoms with van der Waals surface area (Å²) in [6.45, 7) is 0. The summed E-state index contributed by atoms with van der Waals surface area (Å²) in [7, 11) is 0. The molecule has 0 aliphatic rings. The van der Waals surface area contributed by atoms with Crippen molar-refractivity contribution in [3.63, 3.8) is 0 Å². The quantitative estimate of drug-likeness (QED) is 0.782. The molecule has 2 rings (SSSR count). The van der Waals surface area contributed by atoms with Crippen molar-refractivity contribution in [2.45, 2.75) is 0 Å². The van der Waals surface area contributed by atoms with E-state index in [0.29, 0.717) is 12.1 Å². The van der Waals surface area contributed by atoms with Gasteiger partial charge in [0, 0.05) is 12.3 Å². The highest BCUT2D eigenvalue weighted by Crippen LogP contribution is 2.20. The topological polar surface area (TPSA) is 112 Å². The van der Waals surface area contributed by atoms with Gasteiger partial charge in [0.25, 0.3) is 11.5 Å². The number of carbonyl (C=O) groups excluding carboxylic acids is 1. The Morgan fingerprint density at radius 1 is 1.24 bits per heavy atom. The molecule has 2 aromatic rings. The van der Waals surface area contributed by atoms with E-state index >= 15 is 0 Å². The van der Waals surface area contributed by atoms with Crippen molar-refractivity contribution in [2.24, 2.45) is 0 Å². The van der Waals surface area contributed by atoms with E-state index in [4.69, 9.17) is 5.11 Å². The van der Waals surface area contributed by atoms with Gasteiger partial charge in [0.15, 0.2) is 11.6 Å². The van der Waals surface area contributed by atoms with Crippen LogP contribution in [0.15, 0.2) is 29.3 Å². The van der Waals surface area contributed by atoms with Gasteiger partial charge in [-0.1, -0.05) is 0 Å². The van der Waals surface area contributed by atoms with Crippen molar-refractivity contribution in [2.75, 3.05) is 5.32 Å². The molecule has 0 unspecified atom stereocenters. The maximum Gasteiger partial charge on any atom is 0.337 e. The summed E-state index contributed by atoms with van der Waals surface area (Å²) in [6, 6.07) is 0.996. The van der Waals surface area contributed by atoms with Crippen LogP contribution in [0.25, 0.3) is 0 Å². The number of halogens is 2. The van der Waals surface area contributed by atoms with Gasteiger partial charge in [-0.3, -0.25) is 9.59 Å². The van der Waals surface area contributed by atoms with E-state index in [2.05, 4.69) is 15.3 Å². The zero-order valence-electron chi connectivity index (χ0n) is 10.2. The molecule has 0 saturated carbocycles. The van der Waals surface area contributed by atoms with Crippen LogP contribution >= 0.6 is 0 Å². The fourth-order valence-corrected chi connectivity index (χ4v) is 1.48. The van der Waals surface area contributed by atoms with Crippen molar-refractivity contribution >= 4 is 17.6 Å². The van der Waals surface area contributed by atoms with E-state index in [9.17, 15) is 23.2 Å². The molecule has 1 aromatic carbocycles. The van der Waals surface area contributed by atoms with E-state index in [1.807, 2.05) is 0 Å². The van der Waals surface area contributed by atoms with Crippen LogP contribution < -0.4 is 10.9 Å². The van der Waals surface area contributed by atoms with Gasteiger partial charge in [-0.15, -0.1) is 0 Å². The molecule has 3 N–H and O–H groups in total. The predicted octanol–water partition coefficient (Wildman–Crippen LogP) is 0.999. The number of hydrogen-bond acceptors (Lipinski definition) is 4. The van der Waals surface area contributed by atoms with Gasteiger partial charge in [0.05, 0.1) is 17.4 Å². The molecule has 1 heterocycles. The molecular weight excluding hydrogens is 288 g/mol. The first-order valence-corrected chi connectivity index (χ1v) is 5.47. The lowest BCUT2D eigenvalue weighted by atomic mass is 10.1. The number of nitrogens with zero attached hydrogens (tertiary/aromatic N) is 1. The van der Waals surface area contributed by atoms with Crippen LogP contribution in [-0.4, -0.2) is 27.0 Å². The number of hydrogen-bond donors (Lipinski definition) is 3. The van der Waals surface area contributed by atoms with Gasteiger partial charge in [0.2, 0.25) is 0 Å². The van der Waals surface area contributed by atoms with Gasteiger partial charge < -0.3 is 15.4 Å². The van der Waals surface area contributed by atoms with Crippen LogP contribution in [0, 0.1) is 11.6 Å². The molecule has 21 heavy (non-hydrogen) atoms. The zero-order chi connectivity index (χ0) is 15.6. The number of carboxylic acid groups (broad SMARTS) is 1. The SMILES string of the molecule is O=C(Nc1cc(F)c(F)cc1C(=O)O)c1c[nH]c(=O)cn1. The minimum Gasteiger partial charge on any atom is -0.478 e. The number of aromatic carboxylic acids is 1. The molecule has 0 fully saturated rings. The van der Waals surface area contributed by atoms with Crippen LogP contribution in [0.3, 0.4) is 0 Å². The van der Waals surface area contributed by atoms with Crippen molar-refractivity contribution in [1.29, 1.82) is 0 Å². The Bertz CT molecular complexity index is 768. The number of anilines is 1. The first kappa shape index (κ1) is 14.3. The Balaban J connectivity index is 2.36. The third-order valence-electron chi connectivity index (χ3n) is 2.44. The molecule has 1 aromatic heterocycles. The summed E-state index contributed by atoms with van der Waals surface area (Å²) in [4.78, 5) is 39.3. The van der Waals surface area contributed by atoms with Crippen LogP contribution in [0.5, 0.6) is 0 Å². The second-order valence-electron chi connectivity index (χ2n) is 3.87. The van der Waals surface area contributed by atoms with E-state index < -0.39 is 40.3 Å². The Kier molecular flexibility index (Phi) is 3.74. The highest BCUT2D eigenvalue weighted by atomic mass is 19.2. The Morgan fingerprint density at radius 3 is 2.48 bits per heavy atom. The number of H-pyrrole nitrogens is 1. The first-order valence-electron chi connectivity index (χ1n) is 5.47. The maximum atomic E-state index is 13.1. The summed E-state index contributed by atoms with van der Waals surface area (Å²) in [6.07, 6.45) is 1.84. The van der Waals surface area contributed by atoms with Crippen molar-refractivity contribution in [3.05, 3.63) is 57.8 Å². The molecule has 0 aliphatic heterocycles. The van der Waals surface area contributed by atoms with Gasteiger partial charge in [-0.2, -0.15) is 0 Å².